The fourth-order valence-corrected chi connectivity index (χ4v) is 2.48. The molecule has 0 radical (unpaired) electrons. The first-order chi connectivity index (χ1) is 9.61. The van der Waals surface area contributed by atoms with E-state index in [2.05, 4.69) is 0 Å². The number of halogens is 1. The summed E-state index contributed by atoms with van der Waals surface area (Å²) in [6.07, 6.45) is 0.637. The lowest BCUT2D eigenvalue weighted by Gasteiger charge is -2.32. The van der Waals surface area contributed by atoms with Crippen LogP contribution in [0.3, 0.4) is 0 Å². The van der Waals surface area contributed by atoms with Gasteiger partial charge in [0.05, 0.1) is 6.61 Å². The van der Waals surface area contributed by atoms with E-state index in [1.807, 2.05) is 31.2 Å². The molecule has 0 bridgehead atoms. The lowest BCUT2D eigenvalue weighted by atomic mass is 9.75. The number of aliphatic hydroxyl groups excluding tert-OH is 1. The van der Waals surface area contributed by atoms with Crippen LogP contribution >= 0.6 is 0 Å². The van der Waals surface area contributed by atoms with Gasteiger partial charge in [-0.05, 0) is 42.2 Å². The first-order valence-electron chi connectivity index (χ1n) is 6.73. The maximum absolute atomic E-state index is 13.1. The quantitative estimate of drug-likeness (QED) is 0.879. The van der Waals surface area contributed by atoms with Crippen LogP contribution in [0.25, 0.3) is 0 Å². The Bertz CT molecular complexity index is 561. The van der Waals surface area contributed by atoms with Crippen molar-refractivity contribution in [3.63, 3.8) is 0 Å². The highest BCUT2D eigenvalue weighted by Crippen LogP contribution is 2.28. The Labute approximate surface area is 119 Å². The van der Waals surface area contributed by atoms with E-state index >= 15 is 0 Å². The highest BCUT2D eigenvalue weighted by molar-refractivity contribution is 5.34. The minimum Gasteiger partial charge on any atom is -0.395 e. The van der Waals surface area contributed by atoms with Crippen molar-refractivity contribution in [3.8, 4) is 0 Å². The highest BCUT2D eigenvalue weighted by atomic mass is 19.1. The van der Waals surface area contributed by atoms with Crippen molar-refractivity contribution in [1.29, 1.82) is 0 Å². The number of hydrogen-bond acceptors (Lipinski definition) is 2. The third kappa shape index (κ3) is 2.89. The molecule has 0 heterocycles. The lowest BCUT2D eigenvalue weighted by molar-refractivity contribution is 0.196. The number of aliphatic hydroxyl groups is 1. The second kappa shape index (κ2) is 6.16. The molecule has 1 atom stereocenters. The smallest absolute Gasteiger partial charge is 0.123 e. The fourth-order valence-electron chi connectivity index (χ4n) is 2.48. The Hall–Kier alpha value is -1.71. The second-order valence-electron chi connectivity index (χ2n) is 5.25. The number of rotatable bonds is 5. The topological polar surface area (TPSA) is 46.2 Å². The Kier molecular flexibility index (Phi) is 4.53. The van der Waals surface area contributed by atoms with Crippen molar-refractivity contribution in [1.82, 2.24) is 0 Å². The molecule has 0 aliphatic heterocycles. The Morgan fingerprint density at radius 2 is 1.75 bits per heavy atom. The average Bonchev–Trinajstić information content (AvgIpc) is 2.48. The van der Waals surface area contributed by atoms with Crippen LogP contribution in [-0.4, -0.2) is 18.3 Å². The Balaban J connectivity index is 2.39. The van der Waals surface area contributed by atoms with Crippen LogP contribution in [0.5, 0.6) is 0 Å². The van der Waals surface area contributed by atoms with Crippen molar-refractivity contribution < 1.29 is 9.50 Å². The molecule has 0 aliphatic carbocycles. The van der Waals surface area contributed by atoms with Crippen LogP contribution < -0.4 is 5.73 Å². The van der Waals surface area contributed by atoms with Crippen molar-refractivity contribution in [3.05, 3.63) is 71.0 Å². The van der Waals surface area contributed by atoms with Gasteiger partial charge in [-0.15, -0.1) is 0 Å². The van der Waals surface area contributed by atoms with Gasteiger partial charge in [0.2, 0.25) is 0 Å². The van der Waals surface area contributed by atoms with Gasteiger partial charge >= 0.3 is 0 Å². The zero-order valence-corrected chi connectivity index (χ0v) is 11.6. The summed E-state index contributed by atoms with van der Waals surface area (Å²) in [6, 6.07) is 14.3. The molecule has 0 saturated carbocycles. The highest BCUT2D eigenvalue weighted by Gasteiger charge is 2.31. The van der Waals surface area contributed by atoms with Gasteiger partial charge in [0.15, 0.2) is 0 Å². The summed E-state index contributed by atoms with van der Waals surface area (Å²) in [6.45, 7) is 2.28. The van der Waals surface area contributed by atoms with Crippen LogP contribution in [0.4, 0.5) is 4.39 Å². The van der Waals surface area contributed by atoms with Crippen molar-refractivity contribution >= 4 is 0 Å². The molecule has 1 unspecified atom stereocenters. The summed E-state index contributed by atoms with van der Waals surface area (Å²) in [5, 5.41) is 9.88. The molecule has 2 aromatic rings. The lowest BCUT2D eigenvalue weighted by Crippen LogP contribution is -2.41. The molecule has 0 fully saturated rings. The predicted octanol–water partition coefficient (Wildman–Crippen LogP) is 2.57. The van der Waals surface area contributed by atoms with E-state index in [0.29, 0.717) is 13.0 Å². The first kappa shape index (κ1) is 14.7. The van der Waals surface area contributed by atoms with Gasteiger partial charge in [-0.1, -0.05) is 36.4 Å². The monoisotopic (exact) mass is 273 g/mol. The van der Waals surface area contributed by atoms with E-state index in [1.165, 1.54) is 17.7 Å². The molecule has 0 aromatic heterocycles. The predicted molar refractivity (Wildman–Crippen MR) is 79.1 cm³/mol. The van der Waals surface area contributed by atoms with E-state index in [-0.39, 0.29) is 12.4 Å². The summed E-state index contributed by atoms with van der Waals surface area (Å²) in [4.78, 5) is 0. The summed E-state index contributed by atoms with van der Waals surface area (Å²) in [7, 11) is 0. The van der Waals surface area contributed by atoms with Gasteiger partial charge in [-0.3, -0.25) is 0 Å². The molecule has 2 rings (SSSR count). The van der Waals surface area contributed by atoms with Crippen molar-refractivity contribution in [2.45, 2.75) is 18.8 Å². The largest absolute Gasteiger partial charge is 0.395 e. The minimum absolute atomic E-state index is 0.0660. The minimum atomic E-state index is -0.570. The number of benzene rings is 2. The standard InChI is InChI=1S/C17H20FNO/c1-13-4-2-3-5-14(13)10-17(11-19,12-20)15-6-8-16(18)9-7-15/h2-9,20H,10-12,19H2,1H3. The van der Waals surface area contributed by atoms with Crippen LogP contribution in [0.1, 0.15) is 16.7 Å². The second-order valence-corrected chi connectivity index (χ2v) is 5.25. The number of nitrogens with two attached hydrogens (primary N) is 1. The van der Waals surface area contributed by atoms with Gasteiger partial charge in [0.25, 0.3) is 0 Å². The first-order valence-corrected chi connectivity index (χ1v) is 6.73. The summed E-state index contributed by atoms with van der Waals surface area (Å²) < 4.78 is 13.1. The molecular formula is C17H20FNO. The third-order valence-corrected chi connectivity index (χ3v) is 3.94. The van der Waals surface area contributed by atoms with Crippen LogP contribution in [0.2, 0.25) is 0 Å². The molecule has 0 spiro atoms. The molecule has 2 aromatic carbocycles. The Morgan fingerprint density at radius 3 is 2.30 bits per heavy atom. The number of aryl methyl sites for hydroxylation is 1. The molecule has 0 amide bonds. The molecule has 2 nitrogen and oxygen atoms in total. The van der Waals surface area contributed by atoms with E-state index in [1.54, 1.807) is 12.1 Å². The van der Waals surface area contributed by atoms with E-state index in [0.717, 1.165) is 11.1 Å². The third-order valence-electron chi connectivity index (χ3n) is 3.94. The fraction of sp³-hybridized carbons (Fsp3) is 0.294. The van der Waals surface area contributed by atoms with Crippen molar-refractivity contribution in [2.75, 3.05) is 13.2 Å². The summed E-state index contributed by atoms with van der Waals surface area (Å²) in [5.74, 6) is -0.284. The van der Waals surface area contributed by atoms with E-state index < -0.39 is 5.41 Å². The molecule has 3 N–H and O–H groups in total. The van der Waals surface area contributed by atoms with Gasteiger partial charge in [0.1, 0.15) is 5.82 Å². The SMILES string of the molecule is Cc1ccccc1CC(CN)(CO)c1ccc(F)cc1. The zero-order chi connectivity index (χ0) is 14.6. The van der Waals surface area contributed by atoms with Crippen LogP contribution in [-0.2, 0) is 11.8 Å². The number of hydrogen-bond donors (Lipinski definition) is 2. The molecule has 3 heteroatoms. The molecule has 106 valence electrons. The van der Waals surface area contributed by atoms with Gasteiger partial charge in [0, 0.05) is 12.0 Å². The zero-order valence-electron chi connectivity index (χ0n) is 11.6. The van der Waals surface area contributed by atoms with Gasteiger partial charge in [-0.2, -0.15) is 0 Å². The van der Waals surface area contributed by atoms with Gasteiger partial charge in [-0.25, -0.2) is 4.39 Å². The molecule has 0 aliphatic rings. The maximum atomic E-state index is 13.1. The maximum Gasteiger partial charge on any atom is 0.123 e. The van der Waals surface area contributed by atoms with Gasteiger partial charge < -0.3 is 10.8 Å². The normalized spacial score (nSPS) is 14.0. The van der Waals surface area contributed by atoms with Crippen LogP contribution in [0.15, 0.2) is 48.5 Å². The molecule has 20 heavy (non-hydrogen) atoms. The molecular weight excluding hydrogens is 253 g/mol. The molecule has 0 saturated heterocycles. The Morgan fingerprint density at radius 1 is 1.10 bits per heavy atom. The van der Waals surface area contributed by atoms with E-state index in [9.17, 15) is 9.50 Å². The summed E-state index contributed by atoms with van der Waals surface area (Å²) in [5.41, 5.74) is 8.55. The average molecular weight is 273 g/mol. The van der Waals surface area contributed by atoms with Crippen molar-refractivity contribution in [2.24, 2.45) is 5.73 Å². The van der Waals surface area contributed by atoms with E-state index in [4.69, 9.17) is 5.73 Å². The summed E-state index contributed by atoms with van der Waals surface area (Å²) >= 11 is 0. The van der Waals surface area contributed by atoms with Crippen LogP contribution in [0, 0.1) is 12.7 Å².